The molecule has 0 aliphatic rings. The van der Waals surface area contributed by atoms with Crippen LogP contribution in [0.3, 0.4) is 0 Å². The van der Waals surface area contributed by atoms with Crippen molar-refractivity contribution in [1.29, 1.82) is 0 Å². The molecule has 0 saturated carbocycles. The average Bonchev–Trinajstić information content (AvgIpc) is 2.67. The number of amides is 1. The summed E-state index contributed by atoms with van der Waals surface area (Å²) >= 11 is 0. The van der Waals surface area contributed by atoms with Gasteiger partial charge in [-0.3, -0.25) is 9.78 Å². The summed E-state index contributed by atoms with van der Waals surface area (Å²) in [5.74, 6) is -0.357. The smallest absolute Gasteiger partial charge is 0.365 e. The number of aromatic nitrogens is 3. The monoisotopic (exact) mass is 373 g/mol. The standard InChI is InChI=1S/C18H14F3N5O/c19-18(20,21)13-5-1-2-6-14(13)26-17(27)15-10-25-16(11-23-15)24-9-12-4-3-7-22-8-12/h1-8,10-11H,9H2,(H,24,25)(H,26,27). The van der Waals surface area contributed by atoms with E-state index < -0.39 is 17.6 Å². The van der Waals surface area contributed by atoms with E-state index in [1.165, 1.54) is 30.6 Å². The lowest BCUT2D eigenvalue weighted by atomic mass is 10.1. The number of alkyl halides is 3. The first-order valence-corrected chi connectivity index (χ1v) is 7.86. The van der Waals surface area contributed by atoms with Gasteiger partial charge in [-0.1, -0.05) is 18.2 Å². The second-order valence-corrected chi connectivity index (χ2v) is 5.50. The molecule has 0 bridgehead atoms. The lowest BCUT2D eigenvalue weighted by molar-refractivity contribution is -0.136. The molecule has 6 nitrogen and oxygen atoms in total. The second kappa shape index (κ2) is 7.81. The Morgan fingerprint density at radius 3 is 2.48 bits per heavy atom. The first-order chi connectivity index (χ1) is 12.9. The number of nitrogens with zero attached hydrogens (tertiary/aromatic N) is 3. The molecule has 138 valence electrons. The van der Waals surface area contributed by atoms with Crippen LogP contribution in [0.2, 0.25) is 0 Å². The first-order valence-electron chi connectivity index (χ1n) is 7.86. The summed E-state index contributed by atoms with van der Waals surface area (Å²) in [6.07, 6.45) is 1.31. The Morgan fingerprint density at radius 2 is 1.81 bits per heavy atom. The highest BCUT2D eigenvalue weighted by molar-refractivity contribution is 6.03. The third-order valence-corrected chi connectivity index (χ3v) is 3.56. The number of halogens is 3. The fourth-order valence-electron chi connectivity index (χ4n) is 2.26. The minimum absolute atomic E-state index is 0.0982. The average molecular weight is 373 g/mol. The van der Waals surface area contributed by atoms with Gasteiger partial charge in [0.2, 0.25) is 0 Å². The molecule has 2 N–H and O–H groups in total. The van der Waals surface area contributed by atoms with Crippen molar-refractivity contribution in [2.45, 2.75) is 12.7 Å². The van der Waals surface area contributed by atoms with Gasteiger partial charge < -0.3 is 10.6 Å². The molecule has 0 fully saturated rings. The van der Waals surface area contributed by atoms with Crippen LogP contribution in [-0.4, -0.2) is 20.9 Å². The number of benzene rings is 1. The summed E-state index contributed by atoms with van der Waals surface area (Å²) in [6.45, 7) is 0.465. The molecule has 3 aromatic rings. The zero-order valence-corrected chi connectivity index (χ0v) is 13.9. The molecule has 1 aromatic carbocycles. The van der Waals surface area contributed by atoms with Gasteiger partial charge in [0.05, 0.1) is 23.6 Å². The van der Waals surface area contributed by atoms with Crippen LogP contribution in [0.25, 0.3) is 0 Å². The van der Waals surface area contributed by atoms with Crippen LogP contribution in [0.5, 0.6) is 0 Å². The van der Waals surface area contributed by atoms with Gasteiger partial charge >= 0.3 is 6.18 Å². The van der Waals surface area contributed by atoms with Crippen LogP contribution in [0, 0.1) is 0 Å². The van der Waals surface area contributed by atoms with Gasteiger partial charge in [-0.2, -0.15) is 13.2 Å². The van der Waals surface area contributed by atoms with E-state index in [4.69, 9.17) is 0 Å². The molecule has 9 heteroatoms. The zero-order chi connectivity index (χ0) is 19.3. The van der Waals surface area contributed by atoms with E-state index in [0.29, 0.717) is 12.4 Å². The maximum Gasteiger partial charge on any atom is 0.418 e. The van der Waals surface area contributed by atoms with Crippen LogP contribution in [0.4, 0.5) is 24.7 Å². The van der Waals surface area contributed by atoms with E-state index in [0.717, 1.165) is 11.6 Å². The van der Waals surface area contributed by atoms with Gasteiger partial charge in [0.15, 0.2) is 0 Å². The number of carbonyl (C=O) groups excluding carboxylic acids is 1. The van der Waals surface area contributed by atoms with Crippen molar-refractivity contribution >= 4 is 17.4 Å². The van der Waals surface area contributed by atoms with Gasteiger partial charge in [0.1, 0.15) is 11.5 Å². The van der Waals surface area contributed by atoms with E-state index in [2.05, 4.69) is 25.6 Å². The SMILES string of the molecule is O=C(Nc1ccccc1C(F)(F)F)c1cnc(NCc2cccnc2)cn1. The molecule has 3 rings (SSSR count). The number of hydrogen-bond donors (Lipinski definition) is 2. The van der Waals surface area contributed by atoms with Crippen LogP contribution in [0.1, 0.15) is 21.6 Å². The first kappa shape index (κ1) is 18.3. The molecule has 2 heterocycles. The van der Waals surface area contributed by atoms with E-state index in [1.807, 2.05) is 6.07 Å². The highest BCUT2D eigenvalue weighted by Gasteiger charge is 2.33. The molecule has 1 amide bonds. The minimum Gasteiger partial charge on any atom is -0.365 e. The molecule has 27 heavy (non-hydrogen) atoms. The molecule has 0 saturated heterocycles. The van der Waals surface area contributed by atoms with Crippen molar-refractivity contribution in [3.05, 3.63) is 78.0 Å². The molecule has 0 spiro atoms. The molecule has 0 aliphatic heterocycles. The van der Waals surface area contributed by atoms with Gasteiger partial charge in [-0.25, -0.2) is 9.97 Å². The van der Waals surface area contributed by atoms with Crippen molar-refractivity contribution in [3.63, 3.8) is 0 Å². The Labute approximate surface area is 152 Å². The molecule has 0 aliphatic carbocycles. The van der Waals surface area contributed by atoms with Crippen molar-refractivity contribution in [2.75, 3.05) is 10.6 Å². The normalized spacial score (nSPS) is 11.1. The summed E-state index contributed by atoms with van der Waals surface area (Å²) in [5, 5.41) is 5.23. The molecule has 0 radical (unpaired) electrons. The number of rotatable bonds is 5. The number of anilines is 2. The van der Waals surface area contributed by atoms with Crippen LogP contribution in [0.15, 0.2) is 61.2 Å². The second-order valence-electron chi connectivity index (χ2n) is 5.50. The third kappa shape index (κ3) is 4.78. The van der Waals surface area contributed by atoms with E-state index >= 15 is 0 Å². The van der Waals surface area contributed by atoms with Crippen LogP contribution >= 0.6 is 0 Å². The van der Waals surface area contributed by atoms with Crippen molar-refractivity contribution in [1.82, 2.24) is 15.0 Å². The van der Waals surface area contributed by atoms with Crippen LogP contribution < -0.4 is 10.6 Å². The lowest BCUT2D eigenvalue weighted by Crippen LogP contribution is -2.18. The fraction of sp³-hybridized carbons (Fsp3) is 0.111. The maximum absolute atomic E-state index is 13.0. The number of hydrogen-bond acceptors (Lipinski definition) is 5. The highest BCUT2D eigenvalue weighted by atomic mass is 19.4. The van der Waals surface area contributed by atoms with Crippen molar-refractivity contribution in [3.8, 4) is 0 Å². The quantitative estimate of drug-likeness (QED) is 0.712. The van der Waals surface area contributed by atoms with Gasteiger partial charge in [-0.15, -0.1) is 0 Å². The van der Waals surface area contributed by atoms with E-state index in [-0.39, 0.29) is 11.4 Å². The summed E-state index contributed by atoms with van der Waals surface area (Å²) in [6, 6.07) is 8.41. The predicted octanol–water partition coefficient (Wildman–Crippen LogP) is 3.75. The van der Waals surface area contributed by atoms with Crippen LogP contribution in [-0.2, 0) is 12.7 Å². The van der Waals surface area contributed by atoms with Crippen molar-refractivity contribution in [2.24, 2.45) is 0 Å². The summed E-state index contributed by atoms with van der Waals surface area (Å²) < 4.78 is 39.0. The number of nitrogens with one attached hydrogen (secondary N) is 2. The maximum atomic E-state index is 13.0. The van der Waals surface area contributed by atoms with E-state index in [1.54, 1.807) is 18.5 Å². The summed E-state index contributed by atoms with van der Waals surface area (Å²) in [4.78, 5) is 24.2. The Hall–Kier alpha value is -3.49. The fourth-order valence-corrected chi connectivity index (χ4v) is 2.26. The van der Waals surface area contributed by atoms with Gasteiger partial charge in [-0.05, 0) is 23.8 Å². The molecule has 2 aromatic heterocycles. The Kier molecular flexibility index (Phi) is 5.30. The largest absolute Gasteiger partial charge is 0.418 e. The lowest BCUT2D eigenvalue weighted by Gasteiger charge is -2.13. The molecular formula is C18H14F3N5O. The minimum atomic E-state index is -4.57. The summed E-state index contributed by atoms with van der Waals surface area (Å²) in [7, 11) is 0. The Balaban J connectivity index is 1.66. The molecular weight excluding hydrogens is 359 g/mol. The van der Waals surface area contributed by atoms with Gasteiger partial charge in [0, 0.05) is 18.9 Å². The number of carbonyl (C=O) groups is 1. The number of pyridine rings is 1. The number of para-hydroxylation sites is 1. The molecule has 0 atom stereocenters. The molecule has 0 unspecified atom stereocenters. The van der Waals surface area contributed by atoms with Crippen molar-refractivity contribution < 1.29 is 18.0 Å². The Bertz CT molecular complexity index is 914. The zero-order valence-electron chi connectivity index (χ0n) is 13.9. The summed E-state index contributed by atoms with van der Waals surface area (Å²) in [5.41, 5.74) is -0.430. The highest BCUT2D eigenvalue weighted by Crippen LogP contribution is 2.34. The van der Waals surface area contributed by atoms with Gasteiger partial charge in [0.25, 0.3) is 5.91 Å². The third-order valence-electron chi connectivity index (χ3n) is 3.56. The topological polar surface area (TPSA) is 79.8 Å². The van der Waals surface area contributed by atoms with E-state index in [9.17, 15) is 18.0 Å². The predicted molar refractivity (Wildman–Crippen MR) is 93.0 cm³/mol. The Morgan fingerprint density at radius 1 is 1.00 bits per heavy atom.